The predicted molar refractivity (Wildman–Crippen MR) is 90.5 cm³/mol. The average Bonchev–Trinajstić information content (AvgIpc) is 2.90. The SMILES string of the molecule is C[C@H]1Cc2c(O)c3c(c(O)c2O1)[C@@]1(C)CC[C@@]2(C)O[C@@]2(C)C1=CC3=O. The van der Waals surface area contributed by atoms with Gasteiger partial charge in [0, 0.05) is 23.0 Å². The van der Waals surface area contributed by atoms with Crippen LogP contribution in [0.1, 0.15) is 62.0 Å². The van der Waals surface area contributed by atoms with E-state index in [1.807, 2.05) is 20.8 Å². The Balaban J connectivity index is 1.81. The molecule has 1 aromatic rings. The summed E-state index contributed by atoms with van der Waals surface area (Å²) in [6.07, 6.45) is 3.55. The van der Waals surface area contributed by atoms with Gasteiger partial charge in [-0.15, -0.1) is 0 Å². The van der Waals surface area contributed by atoms with Crippen molar-refractivity contribution in [3.63, 3.8) is 0 Å². The van der Waals surface area contributed by atoms with Gasteiger partial charge in [-0.3, -0.25) is 4.79 Å². The lowest BCUT2D eigenvalue weighted by molar-refractivity contribution is 0.103. The Morgan fingerprint density at radius 3 is 2.60 bits per heavy atom. The van der Waals surface area contributed by atoms with Crippen LogP contribution in [0.3, 0.4) is 0 Å². The third kappa shape index (κ3) is 1.52. The maximum absolute atomic E-state index is 12.9. The van der Waals surface area contributed by atoms with E-state index >= 15 is 0 Å². The summed E-state index contributed by atoms with van der Waals surface area (Å²) < 4.78 is 11.8. The van der Waals surface area contributed by atoms with Crippen molar-refractivity contribution in [2.45, 2.75) is 69.7 Å². The summed E-state index contributed by atoms with van der Waals surface area (Å²) in [4.78, 5) is 12.9. The van der Waals surface area contributed by atoms with Crippen molar-refractivity contribution in [2.24, 2.45) is 0 Å². The highest BCUT2D eigenvalue weighted by atomic mass is 16.6. The fourth-order valence-electron chi connectivity index (χ4n) is 5.34. The smallest absolute Gasteiger partial charge is 0.190 e. The Morgan fingerprint density at radius 1 is 1.16 bits per heavy atom. The molecule has 1 aromatic carbocycles. The Bertz CT molecular complexity index is 900. The van der Waals surface area contributed by atoms with E-state index in [0.29, 0.717) is 23.3 Å². The molecule has 0 aromatic heterocycles. The van der Waals surface area contributed by atoms with E-state index < -0.39 is 11.0 Å². The summed E-state index contributed by atoms with van der Waals surface area (Å²) in [6, 6.07) is 0. The molecule has 5 heteroatoms. The average molecular weight is 342 g/mol. The molecule has 0 amide bonds. The molecular weight excluding hydrogens is 320 g/mol. The number of phenols is 2. The monoisotopic (exact) mass is 342 g/mol. The standard InChI is InChI=1S/C20H22O5/c1-9-7-10-15(22)13-11(21)8-12-18(2,14(13)16(23)17(10)24-9)5-6-19(3)20(12,4)25-19/h8-9,22-23H,5-7H2,1-4H3/t9-,18-,19+,20-/m0/s1. The molecule has 0 radical (unpaired) electrons. The lowest BCUT2D eigenvalue weighted by Gasteiger charge is -2.43. The summed E-state index contributed by atoms with van der Waals surface area (Å²) in [7, 11) is 0. The van der Waals surface area contributed by atoms with Gasteiger partial charge in [0.15, 0.2) is 17.3 Å². The van der Waals surface area contributed by atoms with Crippen molar-refractivity contribution in [3.05, 3.63) is 28.3 Å². The first-order chi connectivity index (χ1) is 11.6. The van der Waals surface area contributed by atoms with Crippen LogP contribution in [0.25, 0.3) is 0 Å². The van der Waals surface area contributed by atoms with Gasteiger partial charge in [-0.05, 0) is 45.3 Å². The topological polar surface area (TPSA) is 79.3 Å². The number of ether oxygens (including phenoxy) is 2. The number of epoxide rings is 1. The Morgan fingerprint density at radius 2 is 1.88 bits per heavy atom. The first kappa shape index (κ1) is 15.3. The molecule has 5 nitrogen and oxygen atoms in total. The largest absolute Gasteiger partial charge is 0.507 e. The van der Waals surface area contributed by atoms with Crippen LogP contribution in [-0.4, -0.2) is 33.3 Å². The third-order valence-electron chi connectivity index (χ3n) is 6.99. The normalized spacial score (nSPS) is 40.4. The van der Waals surface area contributed by atoms with Crippen LogP contribution in [0.2, 0.25) is 0 Å². The molecule has 0 spiro atoms. The Hall–Kier alpha value is -2.01. The quantitative estimate of drug-likeness (QED) is 0.559. The lowest BCUT2D eigenvalue weighted by atomic mass is 9.57. The number of hydrogen-bond acceptors (Lipinski definition) is 5. The number of carbonyl (C=O) groups excluding carboxylic acids is 1. The molecule has 2 aliphatic carbocycles. The number of carbonyl (C=O) groups is 1. The lowest BCUT2D eigenvalue weighted by Crippen LogP contribution is -2.44. The highest BCUT2D eigenvalue weighted by Crippen LogP contribution is 2.68. The van der Waals surface area contributed by atoms with E-state index in [0.717, 1.165) is 18.4 Å². The predicted octanol–water partition coefficient (Wildman–Crippen LogP) is 3.14. The first-order valence-corrected chi connectivity index (χ1v) is 8.87. The zero-order valence-electron chi connectivity index (χ0n) is 14.9. The van der Waals surface area contributed by atoms with Gasteiger partial charge in [0.05, 0.1) is 11.2 Å². The summed E-state index contributed by atoms with van der Waals surface area (Å²) in [5, 5.41) is 21.8. The van der Waals surface area contributed by atoms with Crippen LogP contribution in [0, 0.1) is 0 Å². The molecule has 25 heavy (non-hydrogen) atoms. The van der Waals surface area contributed by atoms with E-state index in [2.05, 4.69) is 6.92 Å². The van der Waals surface area contributed by atoms with Crippen LogP contribution in [0.15, 0.2) is 11.6 Å². The van der Waals surface area contributed by atoms with Crippen LogP contribution >= 0.6 is 0 Å². The number of allylic oxidation sites excluding steroid dienone is 1. The number of aromatic hydroxyl groups is 2. The molecule has 1 saturated carbocycles. The van der Waals surface area contributed by atoms with Gasteiger partial charge >= 0.3 is 0 Å². The molecule has 2 fully saturated rings. The minimum absolute atomic E-state index is 0.00135. The second-order valence-corrected chi connectivity index (χ2v) is 8.51. The number of rotatable bonds is 0. The zero-order chi connectivity index (χ0) is 17.9. The highest BCUT2D eigenvalue weighted by Gasteiger charge is 2.72. The Labute approximate surface area is 146 Å². The minimum atomic E-state index is -0.556. The molecule has 4 atom stereocenters. The number of ketones is 1. The van der Waals surface area contributed by atoms with Gasteiger partial charge in [0.25, 0.3) is 0 Å². The molecule has 0 unspecified atom stereocenters. The van der Waals surface area contributed by atoms with Crippen molar-refractivity contribution in [2.75, 3.05) is 0 Å². The van der Waals surface area contributed by atoms with E-state index in [4.69, 9.17) is 9.47 Å². The fourth-order valence-corrected chi connectivity index (χ4v) is 5.34. The molecule has 2 N–H and O–H groups in total. The molecular formula is C20H22O5. The van der Waals surface area contributed by atoms with Gasteiger partial charge < -0.3 is 19.7 Å². The highest BCUT2D eigenvalue weighted by molar-refractivity contribution is 6.11. The summed E-state index contributed by atoms with van der Waals surface area (Å²) >= 11 is 0. The van der Waals surface area contributed by atoms with Gasteiger partial charge in [0.2, 0.25) is 0 Å². The van der Waals surface area contributed by atoms with Gasteiger partial charge in [0.1, 0.15) is 17.5 Å². The maximum Gasteiger partial charge on any atom is 0.190 e. The molecule has 2 aliphatic heterocycles. The summed E-state index contributed by atoms with van der Waals surface area (Å²) in [6.45, 7) is 7.99. The van der Waals surface area contributed by atoms with E-state index in [9.17, 15) is 15.0 Å². The zero-order valence-corrected chi connectivity index (χ0v) is 14.9. The summed E-state index contributed by atoms with van der Waals surface area (Å²) in [5.74, 6) is 0.0261. The fraction of sp³-hybridized carbons (Fsp3) is 0.550. The van der Waals surface area contributed by atoms with Gasteiger partial charge in [-0.25, -0.2) is 0 Å². The van der Waals surface area contributed by atoms with Crippen molar-refractivity contribution < 1.29 is 24.5 Å². The van der Waals surface area contributed by atoms with E-state index in [-0.39, 0.29) is 34.6 Å². The van der Waals surface area contributed by atoms with Crippen molar-refractivity contribution in [1.82, 2.24) is 0 Å². The van der Waals surface area contributed by atoms with Crippen LogP contribution in [0.4, 0.5) is 0 Å². The van der Waals surface area contributed by atoms with Gasteiger partial charge in [-0.1, -0.05) is 6.92 Å². The van der Waals surface area contributed by atoms with E-state index in [1.54, 1.807) is 6.08 Å². The molecule has 5 rings (SSSR count). The number of benzene rings is 1. The second kappa shape index (κ2) is 4.04. The van der Waals surface area contributed by atoms with E-state index in [1.165, 1.54) is 0 Å². The molecule has 2 heterocycles. The van der Waals surface area contributed by atoms with Crippen molar-refractivity contribution >= 4 is 5.78 Å². The molecule has 4 aliphatic rings. The molecule has 132 valence electrons. The molecule has 1 saturated heterocycles. The van der Waals surface area contributed by atoms with Crippen LogP contribution < -0.4 is 4.74 Å². The second-order valence-electron chi connectivity index (χ2n) is 8.51. The Kier molecular flexibility index (Phi) is 2.46. The van der Waals surface area contributed by atoms with Crippen molar-refractivity contribution in [1.29, 1.82) is 0 Å². The van der Waals surface area contributed by atoms with Crippen LogP contribution in [-0.2, 0) is 16.6 Å². The number of phenolic OH excluding ortho intramolecular Hbond substituents is 2. The minimum Gasteiger partial charge on any atom is -0.507 e. The third-order valence-corrected chi connectivity index (χ3v) is 6.99. The van der Waals surface area contributed by atoms with Crippen molar-refractivity contribution in [3.8, 4) is 17.2 Å². The van der Waals surface area contributed by atoms with Gasteiger partial charge in [-0.2, -0.15) is 0 Å². The number of fused-ring (bicyclic) bond motifs is 6. The first-order valence-electron chi connectivity index (χ1n) is 8.87. The number of hydrogen-bond donors (Lipinski definition) is 2. The maximum atomic E-state index is 12.9. The van der Waals surface area contributed by atoms with Crippen LogP contribution in [0.5, 0.6) is 17.2 Å². The summed E-state index contributed by atoms with van der Waals surface area (Å²) in [5.41, 5.74) is 0.851. The molecule has 0 bridgehead atoms.